The van der Waals surface area contributed by atoms with Gasteiger partial charge >= 0.3 is 5.97 Å². The van der Waals surface area contributed by atoms with Crippen LogP contribution in [0.25, 0.3) is 0 Å². The third-order valence-corrected chi connectivity index (χ3v) is 3.20. The average molecular weight is 251 g/mol. The van der Waals surface area contributed by atoms with Gasteiger partial charge in [0.05, 0.1) is 12.1 Å². The maximum Gasteiger partial charge on any atom is 0.303 e. The van der Waals surface area contributed by atoms with E-state index in [9.17, 15) is 4.79 Å². The van der Waals surface area contributed by atoms with Crippen molar-refractivity contribution in [3.05, 3.63) is 11.4 Å². The number of aliphatic carboxylic acids is 1. The Labute approximate surface area is 107 Å². The Balaban J connectivity index is 2.39. The van der Waals surface area contributed by atoms with Gasteiger partial charge in [-0.2, -0.15) is 0 Å². The lowest BCUT2D eigenvalue weighted by atomic mass is 9.89. The van der Waals surface area contributed by atoms with Crippen molar-refractivity contribution < 1.29 is 9.90 Å². The molecule has 1 aliphatic rings. The second kappa shape index (κ2) is 4.63. The summed E-state index contributed by atoms with van der Waals surface area (Å²) in [6, 6.07) is 0. The number of nitrogens with zero attached hydrogens (tertiary/aromatic N) is 2. The minimum absolute atomic E-state index is 0.0557. The molecule has 0 aliphatic carbocycles. The maximum absolute atomic E-state index is 10.8. The van der Waals surface area contributed by atoms with Gasteiger partial charge in [-0.15, -0.1) is 0 Å². The predicted molar refractivity (Wildman–Crippen MR) is 70.0 cm³/mol. The molecule has 18 heavy (non-hydrogen) atoms. The van der Waals surface area contributed by atoms with Gasteiger partial charge in [-0.05, 0) is 6.42 Å². The molecule has 100 valence electrons. The van der Waals surface area contributed by atoms with Crippen molar-refractivity contribution in [1.82, 2.24) is 9.55 Å². The van der Waals surface area contributed by atoms with Crippen LogP contribution in [0.4, 0.5) is 5.95 Å². The van der Waals surface area contributed by atoms with Crippen molar-refractivity contribution >= 4 is 11.9 Å². The Morgan fingerprint density at radius 2 is 2.22 bits per heavy atom. The van der Waals surface area contributed by atoms with Crippen LogP contribution in [-0.2, 0) is 23.2 Å². The Bertz CT molecular complexity index is 458. The molecule has 5 nitrogen and oxygen atoms in total. The van der Waals surface area contributed by atoms with Gasteiger partial charge in [-0.3, -0.25) is 4.79 Å². The van der Waals surface area contributed by atoms with Crippen LogP contribution >= 0.6 is 0 Å². The van der Waals surface area contributed by atoms with Crippen molar-refractivity contribution in [3.63, 3.8) is 0 Å². The molecule has 0 radical (unpaired) electrons. The summed E-state index contributed by atoms with van der Waals surface area (Å²) in [5.74, 6) is 0.140. The van der Waals surface area contributed by atoms with Crippen molar-refractivity contribution in [1.29, 1.82) is 0 Å². The van der Waals surface area contributed by atoms with Crippen LogP contribution < -0.4 is 5.32 Å². The smallest absolute Gasteiger partial charge is 0.303 e. The van der Waals surface area contributed by atoms with E-state index in [0.29, 0.717) is 6.42 Å². The van der Waals surface area contributed by atoms with Crippen molar-refractivity contribution in [3.8, 4) is 0 Å². The van der Waals surface area contributed by atoms with E-state index in [1.165, 1.54) is 0 Å². The first kappa shape index (κ1) is 12.9. The average Bonchev–Trinajstić information content (AvgIpc) is 2.64. The summed E-state index contributed by atoms with van der Waals surface area (Å²) < 4.78 is 2.15. The molecule has 0 amide bonds. The molecular formula is C13H21N3O2. The molecule has 0 saturated heterocycles. The van der Waals surface area contributed by atoms with E-state index in [2.05, 4.69) is 35.6 Å². The summed E-state index contributed by atoms with van der Waals surface area (Å²) in [5.41, 5.74) is 2.04. The molecule has 0 fully saturated rings. The predicted octanol–water partition coefficient (Wildman–Crippen LogP) is 2.01. The first-order valence-electron chi connectivity index (χ1n) is 6.45. The van der Waals surface area contributed by atoms with E-state index in [1.54, 1.807) is 0 Å². The van der Waals surface area contributed by atoms with E-state index in [-0.39, 0.29) is 11.8 Å². The SMILES string of the molecule is CC(C)(C)c1nc2n(c1CCC(=O)O)CCCN2. The monoisotopic (exact) mass is 251 g/mol. The summed E-state index contributed by atoms with van der Waals surface area (Å²) in [4.78, 5) is 15.4. The van der Waals surface area contributed by atoms with E-state index in [1.807, 2.05) is 0 Å². The van der Waals surface area contributed by atoms with Crippen LogP contribution in [0.3, 0.4) is 0 Å². The molecule has 0 atom stereocenters. The Morgan fingerprint density at radius 1 is 1.50 bits per heavy atom. The molecule has 1 aromatic heterocycles. The van der Waals surface area contributed by atoms with Gasteiger partial charge in [0.2, 0.25) is 5.95 Å². The van der Waals surface area contributed by atoms with Gasteiger partial charge in [0.25, 0.3) is 0 Å². The summed E-state index contributed by atoms with van der Waals surface area (Å²) in [5, 5.41) is 12.2. The van der Waals surface area contributed by atoms with E-state index in [0.717, 1.165) is 36.8 Å². The van der Waals surface area contributed by atoms with Gasteiger partial charge in [-0.1, -0.05) is 20.8 Å². The Morgan fingerprint density at radius 3 is 2.83 bits per heavy atom. The summed E-state index contributed by atoms with van der Waals surface area (Å²) in [6.45, 7) is 8.22. The molecule has 1 aromatic rings. The number of carboxylic acids is 1. The third-order valence-electron chi connectivity index (χ3n) is 3.20. The largest absolute Gasteiger partial charge is 0.481 e. The number of imidazole rings is 1. The van der Waals surface area contributed by atoms with Crippen LogP contribution in [0.15, 0.2) is 0 Å². The van der Waals surface area contributed by atoms with Crippen LogP contribution in [0.5, 0.6) is 0 Å². The third kappa shape index (κ3) is 2.49. The van der Waals surface area contributed by atoms with Crippen LogP contribution in [0.2, 0.25) is 0 Å². The molecule has 0 bridgehead atoms. The first-order valence-corrected chi connectivity index (χ1v) is 6.45. The number of fused-ring (bicyclic) bond motifs is 1. The lowest BCUT2D eigenvalue weighted by molar-refractivity contribution is -0.137. The topological polar surface area (TPSA) is 67.2 Å². The Kier molecular flexibility index (Phi) is 3.32. The highest BCUT2D eigenvalue weighted by Crippen LogP contribution is 2.30. The molecule has 0 saturated carbocycles. The van der Waals surface area contributed by atoms with Gasteiger partial charge in [0.1, 0.15) is 0 Å². The van der Waals surface area contributed by atoms with Gasteiger partial charge < -0.3 is 15.0 Å². The minimum Gasteiger partial charge on any atom is -0.481 e. The highest BCUT2D eigenvalue weighted by molar-refractivity contribution is 5.67. The highest BCUT2D eigenvalue weighted by atomic mass is 16.4. The zero-order valence-electron chi connectivity index (χ0n) is 11.3. The molecule has 1 aliphatic heterocycles. The number of nitrogens with one attached hydrogen (secondary N) is 1. The molecule has 2 rings (SSSR count). The number of carbonyl (C=O) groups is 1. The summed E-state index contributed by atoms with van der Waals surface area (Å²) in [6.07, 6.45) is 1.78. The molecule has 5 heteroatoms. The number of anilines is 1. The minimum atomic E-state index is -0.755. The first-order chi connectivity index (χ1) is 8.39. The number of hydrogen-bond acceptors (Lipinski definition) is 3. The Hall–Kier alpha value is -1.52. The normalized spacial score (nSPS) is 15.1. The standard InChI is InChI=1S/C13H21N3O2/c1-13(2,3)11-9(5-6-10(17)18)16-8-4-7-14-12(16)15-11/h4-8H2,1-3H3,(H,14,15)(H,17,18). The van der Waals surface area contributed by atoms with Crippen LogP contribution in [0.1, 0.15) is 45.0 Å². The fourth-order valence-corrected chi connectivity index (χ4v) is 2.38. The van der Waals surface area contributed by atoms with Crippen molar-refractivity contribution in [2.24, 2.45) is 0 Å². The molecular weight excluding hydrogens is 230 g/mol. The molecule has 2 N–H and O–H groups in total. The summed E-state index contributed by atoms with van der Waals surface area (Å²) in [7, 11) is 0. The van der Waals surface area contributed by atoms with Gasteiger partial charge in [-0.25, -0.2) is 4.98 Å². The van der Waals surface area contributed by atoms with E-state index >= 15 is 0 Å². The second-order valence-electron chi connectivity index (χ2n) is 5.81. The van der Waals surface area contributed by atoms with Crippen LogP contribution in [-0.4, -0.2) is 27.2 Å². The lowest BCUT2D eigenvalue weighted by Gasteiger charge is -2.20. The quantitative estimate of drug-likeness (QED) is 0.862. The van der Waals surface area contributed by atoms with Gasteiger partial charge in [0, 0.05) is 30.6 Å². The number of aromatic nitrogens is 2. The second-order valence-corrected chi connectivity index (χ2v) is 5.81. The van der Waals surface area contributed by atoms with Crippen LogP contribution in [0, 0.1) is 0 Å². The fourth-order valence-electron chi connectivity index (χ4n) is 2.38. The number of rotatable bonds is 3. The molecule has 0 aromatic carbocycles. The van der Waals surface area contributed by atoms with Crippen molar-refractivity contribution in [2.75, 3.05) is 11.9 Å². The fraction of sp³-hybridized carbons (Fsp3) is 0.692. The maximum atomic E-state index is 10.8. The zero-order valence-corrected chi connectivity index (χ0v) is 11.3. The summed E-state index contributed by atoms with van der Waals surface area (Å²) >= 11 is 0. The molecule has 2 heterocycles. The molecule has 0 spiro atoms. The lowest BCUT2D eigenvalue weighted by Crippen LogP contribution is -2.20. The van der Waals surface area contributed by atoms with Gasteiger partial charge in [0.15, 0.2) is 0 Å². The number of hydrogen-bond donors (Lipinski definition) is 2. The zero-order chi connectivity index (χ0) is 13.3. The van der Waals surface area contributed by atoms with Crippen molar-refractivity contribution in [2.45, 2.75) is 52.0 Å². The van der Waals surface area contributed by atoms with E-state index in [4.69, 9.17) is 5.11 Å². The number of carboxylic acid groups (broad SMARTS) is 1. The molecule has 0 unspecified atom stereocenters. The highest BCUT2D eigenvalue weighted by Gasteiger charge is 2.27. The van der Waals surface area contributed by atoms with E-state index < -0.39 is 5.97 Å².